The Bertz CT molecular complexity index is 130. The summed E-state index contributed by atoms with van der Waals surface area (Å²) in [5.41, 5.74) is -0.651. The Labute approximate surface area is 66.1 Å². The second-order valence-electron chi connectivity index (χ2n) is 2.87. The predicted molar refractivity (Wildman–Crippen MR) is 39.7 cm³/mol. The number of methoxy groups -OCH3 is 1. The van der Waals surface area contributed by atoms with E-state index in [4.69, 9.17) is 9.84 Å². The highest BCUT2D eigenvalue weighted by Gasteiger charge is 2.21. The van der Waals surface area contributed by atoms with Crippen molar-refractivity contribution in [3.63, 3.8) is 0 Å². The van der Waals surface area contributed by atoms with E-state index < -0.39 is 11.8 Å². The number of hydrogen-bond acceptors (Lipinski definition) is 3. The minimum atomic E-state index is -1.24. The minimum absolute atomic E-state index is 0.500. The first-order chi connectivity index (χ1) is 4.98. The van der Waals surface area contributed by atoms with Gasteiger partial charge in [-0.3, -0.25) is 0 Å². The Morgan fingerprint density at radius 3 is 2.45 bits per heavy atom. The Kier molecular flexibility index (Phi) is 3.89. The van der Waals surface area contributed by atoms with Crippen LogP contribution in [0.5, 0.6) is 0 Å². The van der Waals surface area contributed by atoms with Crippen LogP contribution in [0, 0.1) is 0 Å². The standard InChI is InChI=1S/C7H14O4/c1-7(2,4-5-10-3)11-6(8)9/h4-5H2,1-3H3,(H,8,9). The molecule has 0 aliphatic rings. The van der Waals surface area contributed by atoms with Crippen molar-refractivity contribution < 1.29 is 19.4 Å². The van der Waals surface area contributed by atoms with Crippen LogP contribution in [0.15, 0.2) is 0 Å². The minimum Gasteiger partial charge on any atom is -0.450 e. The quantitative estimate of drug-likeness (QED) is 0.636. The summed E-state index contributed by atoms with van der Waals surface area (Å²) in [7, 11) is 1.57. The van der Waals surface area contributed by atoms with Crippen LogP contribution in [0.2, 0.25) is 0 Å². The Morgan fingerprint density at radius 2 is 2.09 bits per heavy atom. The van der Waals surface area contributed by atoms with E-state index in [2.05, 4.69) is 4.74 Å². The van der Waals surface area contributed by atoms with Gasteiger partial charge in [-0.05, 0) is 13.8 Å². The molecule has 4 heteroatoms. The van der Waals surface area contributed by atoms with Crippen LogP contribution in [-0.2, 0) is 9.47 Å². The molecule has 0 bridgehead atoms. The topological polar surface area (TPSA) is 55.8 Å². The molecule has 4 nitrogen and oxygen atoms in total. The first kappa shape index (κ1) is 10.2. The largest absolute Gasteiger partial charge is 0.506 e. The molecule has 0 amide bonds. The first-order valence-corrected chi connectivity index (χ1v) is 3.39. The average molecular weight is 162 g/mol. The SMILES string of the molecule is COCCC(C)(C)OC(=O)O. The van der Waals surface area contributed by atoms with Crippen LogP contribution in [0.4, 0.5) is 4.79 Å². The summed E-state index contributed by atoms with van der Waals surface area (Å²) in [5.74, 6) is 0. The molecule has 0 fully saturated rings. The van der Waals surface area contributed by atoms with Crippen LogP contribution >= 0.6 is 0 Å². The molecule has 0 rings (SSSR count). The molecule has 0 heterocycles. The van der Waals surface area contributed by atoms with E-state index in [9.17, 15) is 4.79 Å². The Hall–Kier alpha value is -0.770. The van der Waals surface area contributed by atoms with Gasteiger partial charge >= 0.3 is 6.16 Å². The van der Waals surface area contributed by atoms with Gasteiger partial charge in [0.25, 0.3) is 0 Å². The molecule has 0 radical (unpaired) electrons. The van der Waals surface area contributed by atoms with Gasteiger partial charge in [0.15, 0.2) is 0 Å². The molecule has 0 atom stereocenters. The second-order valence-corrected chi connectivity index (χ2v) is 2.87. The molecular weight excluding hydrogens is 148 g/mol. The maximum Gasteiger partial charge on any atom is 0.506 e. The third kappa shape index (κ3) is 5.66. The highest BCUT2D eigenvalue weighted by Crippen LogP contribution is 2.13. The lowest BCUT2D eigenvalue weighted by Gasteiger charge is -2.22. The molecule has 0 spiro atoms. The molecule has 0 unspecified atom stereocenters. The summed E-state index contributed by atoms with van der Waals surface area (Å²) < 4.78 is 9.36. The summed E-state index contributed by atoms with van der Waals surface area (Å²) in [6.07, 6.45) is -0.679. The van der Waals surface area contributed by atoms with E-state index in [1.165, 1.54) is 0 Å². The average Bonchev–Trinajstić information content (AvgIpc) is 1.81. The summed E-state index contributed by atoms with van der Waals surface area (Å²) in [5, 5.41) is 8.29. The van der Waals surface area contributed by atoms with Crippen molar-refractivity contribution in [3.05, 3.63) is 0 Å². The highest BCUT2D eigenvalue weighted by molar-refractivity contribution is 5.57. The van der Waals surface area contributed by atoms with Crippen LogP contribution in [0.1, 0.15) is 20.3 Å². The molecule has 66 valence electrons. The van der Waals surface area contributed by atoms with Gasteiger partial charge in [-0.15, -0.1) is 0 Å². The van der Waals surface area contributed by atoms with Gasteiger partial charge in [0.1, 0.15) is 5.60 Å². The van der Waals surface area contributed by atoms with Crippen LogP contribution in [0.3, 0.4) is 0 Å². The van der Waals surface area contributed by atoms with Gasteiger partial charge in [-0.25, -0.2) is 4.79 Å². The van der Waals surface area contributed by atoms with E-state index in [-0.39, 0.29) is 0 Å². The van der Waals surface area contributed by atoms with Crippen molar-refractivity contribution in [1.82, 2.24) is 0 Å². The van der Waals surface area contributed by atoms with Gasteiger partial charge < -0.3 is 14.6 Å². The van der Waals surface area contributed by atoms with Crippen molar-refractivity contribution in [1.29, 1.82) is 0 Å². The predicted octanol–water partition coefficient (Wildman–Crippen LogP) is 1.50. The van der Waals surface area contributed by atoms with Crippen molar-refractivity contribution in [3.8, 4) is 0 Å². The number of ether oxygens (including phenoxy) is 2. The lowest BCUT2D eigenvalue weighted by Crippen LogP contribution is -2.28. The fraction of sp³-hybridized carbons (Fsp3) is 0.857. The number of rotatable bonds is 4. The number of hydrogen-bond donors (Lipinski definition) is 1. The molecule has 0 aromatic carbocycles. The fourth-order valence-electron chi connectivity index (χ4n) is 0.635. The maximum atomic E-state index is 10.1. The van der Waals surface area contributed by atoms with E-state index in [1.54, 1.807) is 21.0 Å². The summed E-state index contributed by atoms with van der Waals surface area (Å²) in [6.45, 7) is 3.92. The van der Waals surface area contributed by atoms with E-state index in [0.717, 1.165) is 0 Å². The Balaban J connectivity index is 3.70. The zero-order valence-corrected chi connectivity index (χ0v) is 7.09. The monoisotopic (exact) mass is 162 g/mol. The first-order valence-electron chi connectivity index (χ1n) is 3.39. The van der Waals surface area contributed by atoms with Crippen LogP contribution < -0.4 is 0 Å². The molecule has 0 aliphatic carbocycles. The Morgan fingerprint density at radius 1 is 1.55 bits per heavy atom. The maximum absolute atomic E-state index is 10.1. The normalized spacial score (nSPS) is 11.2. The fourth-order valence-corrected chi connectivity index (χ4v) is 0.635. The molecule has 0 aliphatic heterocycles. The van der Waals surface area contributed by atoms with Crippen molar-refractivity contribution in [2.75, 3.05) is 13.7 Å². The van der Waals surface area contributed by atoms with E-state index in [0.29, 0.717) is 13.0 Å². The molecule has 0 saturated carbocycles. The van der Waals surface area contributed by atoms with Gasteiger partial charge in [-0.1, -0.05) is 0 Å². The molecule has 11 heavy (non-hydrogen) atoms. The van der Waals surface area contributed by atoms with Crippen molar-refractivity contribution >= 4 is 6.16 Å². The van der Waals surface area contributed by atoms with Gasteiger partial charge in [0.2, 0.25) is 0 Å². The summed E-state index contributed by atoms with van der Waals surface area (Å²) in [6, 6.07) is 0. The molecule has 0 aromatic heterocycles. The number of carboxylic acid groups (broad SMARTS) is 1. The van der Waals surface area contributed by atoms with Gasteiger partial charge in [0.05, 0.1) is 0 Å². The smallest absolute Gasteiger partial charge is 0.450 e. The summed E-state index contributed by atoms with van der Waals surface area (Å²) >= 11 is 0. The third-order valence-electron chi connectivity index (χ3n) is 1.27. The van der Waals surface area contributed by atoms with Crippen molar-refractivity contribution in [2.24, 2.45) is 0 Å². The van der Waals surface area contributed by atoms with E-state index >= 15 is 0 Å². The molecular formula is C7H14O4. The van der Waals surface area contributed by atoms with Crippen LogP contribution in [-0.4, -0.2) is 30.6 Å². The van der Waals surface area contributed by atoms with Gasteiger partial charge in [-0.2, -0.15) is 0 Å². The van der Waals surface area contributed by atoms with E-state index in [1.807, 2.05) is 0 Å². The van der Waals surface area contributed by atoms with Gasteiger partial charge in [0, 0.05) is 20.1 Å². The zero-order valence-electron chi connectivity index (χ0n) is 7.09. The summed E-state index contributed by atoms with van der Waals surface area (Å²) in [4.78, 5) is 10.1. The lowest BCUT2D eigenvalue weighted by molar-refractivity contribution is -0.0130. The number of carbonyl (C=O) groups is 1. The highest BCUT2D eigenvalue weighted by atomic mass is 16.7. The zero-order chi connectivity index (χ0) is 8.91. The van der Waals surface area contributed by atoms with Crippen LogP contribution in [0.25, 0.3) is 0 Å². The van der Waals surface area contributed by atoms with Crippen molar-refractivity contribution in [2.45, 2.75) is 25.9 Å². The lowest BCUT2D eigenvalue weighted by atomic mass is 10.1. The third-order valence-corrected chi connectivity index (χ3v) is 1.27. The molecule has 0 aromatic rings. The molecule has 1 N–H and O–H groups in total. The molecule has 0 saturated heterocycles. The second kappa shape index (κ2) is 4.18.